The fourth-order valence-corrected chi connectivity index (χ4v) is 3.14. The third-order valence-electron chi connectivity index (χ3n) is 2.84. The summed E-state index contributed by atoms with van der Waals surface area (Å²) in [7, 11) is 0.158. The monoisotopic (exact) mass is 289 g/mol. The molecule has 0 aromatic heterocycles. The van der Waals surface area contributed by atoms with Gasteiger partial charge in [0.15, 0.2) is 0 Å². The Balaban J connectivity index is 2.35. The number of carbonyl (C=O) groups is 1. The van der Waals surface area contributed by atoms with Crippen molar-refractivity contribution in [1.82, 2.24) is 0 Å². The van der Waals surface area contributed by atoms with Crippen molar-refractivity contribution in [2.45, 2.75) is 10.6 Å². The van der Waals surface area contributed by atoms with Crippen LogP contribution >= 0.6 is 0 Å². The summed E-state index contributed by atoms with van der Waals surface area (Å²) in [4.78, 5) is 11.8. The van der Waals surface area contributed by atoms with E-state index in [9.17, 15) is 9.00 Å². The molecule has 0 saturated carbocycles. The van der Waals surface area contributed by atoms with E-state index in [1.54, 1.807) is 18.2 Å². The average molecular weight is 289 g/mol. The van der Waals surface area contributed by atoms with Gasteiger partial charge in [-0.15, -0.1) is 0 Å². The van der Waals surface area contributed by atoms with Crippen LogP contribution in [0.3, 0.4) is 0 Å². The summed E-state index contributed by atoms with van der Waals surface area (Å²) in [6.45, 7) is 0. The number of primary amides is 1. The molecular formula is C15H15NO3S. The molecule has 0 aliphatic rings. The molecule has 0 heterocycles. The summed E-state index contributed by atoms with van der Waals surface area (Å²) in [5.74, 6) is 0.282. The first-order valence-electron chi connectivity index (χ1n) is 6.02. The molecular weight excluding hydrogens is 274 g/mol. The van der Waals surface area contributed by atoms with E-state index in [-0.39, 0.29) is 5.56 Å². The van der Waals surface area contributed by atoms with Crippen molar-refractivity contribution in [3.05, 3.63) is 59.7 Å². The van der Waals surface area contributed by atoms with Gasteiger partial charge in [0.25, 0.3) is 0 Å². The fraction of sp³-hybridized carbons (Fsp3) is 0.133. The first-order chi connectivity index (χ1) is 9.61. The van der Waals surface area contributed by atoms with Crippen LogP contribution in [0.5, 0.6) is 5.75 Å². The van der Waals surface area contributed by atoms with Crippen LogP contribution in [0.15, 0.2) is 53.4 Å². The average Bonchev–Trinajstić information content (AvgIpc) is 2.47. The molecule has 2 N–H and O–H groups in total. The first-order valence-corrected chi connectivity index (χ1v) is 7.34. The van der Waals surface area contributed by atoms with Gasteiger partial charge < -0.3 is 10.5 Å². The molecule has 0 bridgehead atoms. The molecule has 0 saturated heterocycles. The Morgan fingerprint density at radius 2 is 1.90 bits per heavy atom. The molecule has 1 amide bonds. The molecule has 2 rings (SSSR count). The van der Waals surface area contributed by atoms with Crippen LogP contribution in [0.2, 0.25) is 0 Å². The van der Waals surface area contributed by atoms with Crippen LogP contribution in [0.25, 0.3) is 0 Å². The van der Waals surface area contributed by atoms with E-state index in [0.29, 0.717) is 16.4 Å². The number of ether oxygens (including phenoxy) is 1. The molecule has 2 aromatic carbocycles. The first kappa shape index (κ1) is 14.3. The molecule has 0 aliphatic heterocycles. The minimum absolute atomic E-state index is 0.264. The molecule has 4 nitrogen and oxygen atoms in total. The zero-order valence-corrected chi connectivity index (χ0v) is 11.9. The second-order valence-electron chi connectivity index (χ2n) is 4.20. The van der Waals surface area contributed by atoms with Crippen LogP contribution < -0.4 is 10.5 Å². The van der Waals surface area contributed by atoms with Crippen molar-refractivity contribution in [3.8, 4) is 5.75 Å². The lowest BCUT2D eigenvalue weighted by atomic mass is 10.2. The Labute approximate surface area is 120 Å². The van der Waals surface area contributed by atoms with Crippen molar-refractivity contribution in [1.29, 1.82) is 0 Å². The van der Waals surface area contributed by atoms with Crippen LogP contribution in [0.1, 0.15) is 15.9 Å². The highest BCUT2D eigenvalue weighted by molar-refractivity contribution is 7.84. The lowest BCUT2D eigenvalue weighted by Crippen LogP contribution is -2.15. The predicted molar refractivity (Wildman–Crippen MR) is 78.1 cm³/mol. The Kier molecular flexibility index (Phi) is 4.53. The number of amides is 1. The number of rotatable bonds is 5. The molecule has 0 fully saturated rings. The molecule has 0 spiro atoms. The Morgan fingerprint density at radius 3 is 2.50 bits per heavy atom. The van der Waals surface area contributed by atoms with Gasteiger partial charge in [-0.25, -0.2) is 0 Å². The second kappa shape index (κ2) is 6.34. The minimum Gasteiger partial charge on any atom is -0.497 e. The maximum atomic E-state index is 12.5. The number of benzene rings is 2. The normalized spacial score (nSPS) is 11.8. The van der Waals surface area contributed by atoms with Crippen LogP contribution in [-0.2, 0) is 16.6 Å². The van der Waals surface area contributed by atoms with Gasteiger partial charge in [0.1, 0.15) is 5.75 Å². The number of carbonyl (C=O) groups excluding carboxylic acids is 1. The van der Waals surface area contributed by atoms with E-state index < -0.39 is 16.7 Å². The molecule has 0 aliphatic carbocycles. The summed E-state index contributed by atoms with van der Waals surface area (Å²) < 4.78 is 17.6. The Morgan fingerprint density at radius 1 is 1.20 bits per heavy atom. The highest BCUT2D eigenvalue weighted by atomic mass is 32.2. The molecule has 5 heteroatoms. The van der Waals surface area contributed by atoms with Gasteiger partial charge in [-0.2, -0.15) is 0 Å². The van der Waals surface area contributed by atoms with Crippen molar-refractivity contribution in [2.75, 3.05) is 7.11 Å². The molecule has 1 unspecified atom stereocenters. The van der Waals surface area contributed by atoms with E-state index in [4.69, 9.17) is 10.5 Å². The zero-order valence-electron chi connectivity index (χ0n) is 11.0. The Bertz CT molecular complexity index is 641. The predicted octanol–water partition coefficient (Wildman–Crippen LogP) is 2.10. The van der Waals surface area contributed by atoms with Crippen LogP contribution in [-0.4, -0.2) is 17.2 Å². The van der Waals surface area contributed by atoms with E-state index in [1.165, 1.54) is 7.11 Å². The lowest BCUT2D eigenvalue weighted by Gasteiger charge is -2.09. The van der Waals surface area contributed by atoms with E-state index in [0.717, 1.165) is 5.56 Å². The third kappa shape index (κ3) is 3.24. The van der Waals surface area contributed by atoms with Crippen molar-refractivity contribution >= 4 is 16.7 Å². The summed E-state index contributed by atoms with van der Waals surface area (Å²) in [6, 6.07) is 14.2. The van der Waals surface area contributed by atoms with Crippen molar-refractivity contribution in [2.24, 2.45) is 5.73 Å². The number of hydrogen-bond donors (Lipinski definition) is 1. The van der Waals surface area contributed by atoms with Gasteiger partial charge in [0.2, 0.25) is 5.91 Å². The second-order valence-corrected chi connectivity index (χ2v) is 5.62. The van der Waals surface area contributed by atoms with Gasteiger partial charge in [-0.05, 0) is 23.8 Å². The zero-order chi connectivity index (χ0) is 14.5. The van der Waals surface area contributed by atoms with Crippen LogP contribution in [0.4, 0.5) is 0 Å². The van der Waals surface area contributed by atoms with Gasteiger partial charge in [-0.1, -0.05) is 30.3 Å². The van der Waals surface area contributed by atoms with E-state index in [1.807, 2.05) is 30.3 Å². The summed E-state index contributed by atoms with van der Waals surface area (Å²) in [5.41, 5.74) is 6.52. The number of methoxy groups -OCH3 is 1. The summed E-state index contributed by atoms with van der Waals surface area (Å²) in [5, 5.41) is 0. The molecule has 2 aromatic rings. The minimum atomic E-state index is -1.36. The topological polar surface area (TPSA) is 69.4 Å². The summed E-state index contributed by atoms with van der Waals surface area (Å²) in [6.07, 6.45) is 0. The molecule has 104 valence electrons. The molecule has 0 radical (unpaired) electrons. The summed E-state index contributed by atoms with van der Waals surface area (Å²) >= 11 is 0. The van der Waals surface area contributed by atoms with Gasteiger partial charge in [0.05, 0.1) is 34.1 Å². The van der Waals surface area contributed by atoms with E-state index in [2.05, 4.69) is 0 Å². The van der Waals surface area contributed by atoms with Gasteiger partial charge >= 0.3 is 0 Å². The fourth-order valence-electron chi connectivity index (χ4n) is 1.82. The molecule has 20 heavy (non-hydrogen) atoms. The Hall–Kier alpha value is -2.14. The lowest BCUT2D eigenvalue weighted by molar-refractivity contribution is 0.0997. The maximum absolute atomic E-state index is 12.5. The standard InChI is InChI=1S/C15H15NO3S/c1-19-12-7-8-13(15(16)17)14(9-12)20(18)10-11-5-3-2-4-6-11/h2-9H,10H2,1H3,(H2,16,17). The largest absolute Gasteiger partial charge is 0.497 e. The SMILES string of the molecule is COc1ccc(C(N)=O)c(S(=O)Cc2ccccc2)c1. The van der Waals surface area contributed by atoms with Crippen molar-refractivity contribution < 1.29 is 13.7 Å². The maximum Gasteiger partial charge on any atom is 0.249 e. The number of nitrogens with two attached hydrogens (primary N) is 1. The van der Waals surface area contributed by atoms with Gasteiger partial charge in [0, 0.05) is 0 Å². The van der Waals surface area contributed by atoms with Crippen molar-refractivity contribution in [3.63, 3.8) is 0 Å². The highest BCUT2D eigenvalue weighted by Gasteiger charge is 2.15. The smallest absolute Gasteiger partial charge is 0.249 e. The van der Waals surface area contributed by atoms with E-state index >= 15 is 0 Å². The molecule has 1 atom stereocenters. The van der Waals surface area contributed by atoms with Crippen LogP contribution in [0, 0.1) is 0 Å². The highest BCUT2D eigenvalue weighted by Crippen LogP contribution is 2.22. The third-order valence-corrected chi connectivity index (χ3v) is 4.26. The van der Waals surface area contributed by atoms with Gasteiger partial charge in [-0.3, -0.25) is 9.00 Å². The number of hydrogen-bond acceptors (Lipinski definition) is 3. The quantitative estimate of drug-likeness (QED) is 0.916.